The van der Waals surface area contributed by atoms with Crippen LogP contribution in [0.25, 0.3) is 11.0 Å². The Kier molecular flexibility index (Phi) is 7.22. The van der Waals surface area contributed by atoms with Crippen molar-refractivity contribution in [2.75, 3.05) is 26.3 Å². The van der Waals surface area contributed by atoms with E-state index in [4.69, 9.17) is 9.47 Å². The number of ether oxygens (including phenoxy) is 2. The van der Waals surface area contributed by atoms with E-state index in [2.05, 4.69) is 25.2 Å². The smallest absolute Gasteiger partial charge is 0.381 e. The molecule has 1 unspecified atom stereocenters. The number of pyridine rings is 1. The number of imidazole rings is 1. The topological polar surface area (TPSA) is 92.4 Å². The van der Waals surface area contributed by atoms with E-state index in [1.165, 1.54) is 12.1 Å². The summed E-state index contributed by atoms with van der Waals surface area (Å²) in [6.45, 7) is 3.14. The van der Waals surface area contributed by atoms with Crippen LogP contribution >= 0.6 is 0 Å². The number of aromatic nitrogens is 3. The summed E-state index contributed by atoms with van der Waals surface area (Å²) in [7, 11) is 0. The van der Waals surface area contributed by atoms with E-state index in [1.54, 1.807) is 12.4 Å². The third-order valence-electron chi connectivity index (χ3n) is 6.76. The van der Waals surface area contributed by atoms with Gasteiger partial charge in [0.25, 0.3) is 0 Å². The van der Waals surface area contributed by atoms with E-state index in [0.29, 0.717) is 39.0 Å². The molecule has 4 heterocycles. The molecule has 2 fully saturated rings. The fraction of sp³-hybridized carbons (Fsp3) is 0.480. The van der Waals surface area contributed by atoms with Gasteiger partial charge in [-0.15, -0.1) is 0 Å². The number of nitrogens with one attached hydrogen (secondary N) is 2. The van der Waals surface area contributed by atoms with Gasteiger partial charge in [0.1, 0.15) is 11.3 Å². The lowest BCUT2D eigenvalue weighted by molar-refractivity contribution is -0.136. The van der Waals surface area contributed by atoms with E-state index in [-0.39, 0.29) is 41.3 Å². The van der Waals surface area contributed by atoms with Gasteiger partial charge in [-0.3, -0.25) is 14.7 Å². The molecule has 2 aliphatic rings. The van der Waals surface area contributed by atoms with E-state index in [9.17, 15) is 18.0 Å². The molecule has 3 aromatic rings. The first kappa shape index (κ1) is 24.7. The number of amides is 1. The zero-order valence-corrected chi connectivity index (χ0v) is 19.6. The maximum absolute atomic E-state index is 13.3. The third-order valence-corrected chi connectivity index (χ3v) is 6.76. The predicted octanol–water partition coefficient (Wildman–Crippen LogP) is 3.08. The molecule has 0 radical (unpaired) electrons. The van der Waals surface area contributed by atoms with Crippen LogP contribution in [0.15, 0.2) is 42.7 Å². The number of H-pyrrole nitrogens is 1. The molecule has 1 aromatic carbocycles. The third kappa shape index (κ3) is 5.69. The van der Waals surface area contributed by atoms with Gasteiger partial charge in [-0.25, -0.2) is 4.98 Å². The summed E-state index contributed by atoms with van der Waals surface area (Å²) < 4.78 is 51.7. The van der Waals surface area contributed by atoms with Crippen molar-refractivity contribution in [3.8, 4) is 0 Å². The van der Waals surface area contributed by atoms with Gasteiger partial charge in [-0.05, 0) is 42.7 Å². The van der Waals surface area contributed by atoms with E-state index in [1.807, 2.05) is 12.1 Å². The highest BCUT2D eigenvalue weighted by Gasteiger charge is 2.38. The molecule has 2 atom stereocenters. The highest BCUT2D eigenvalue weighted by Crippen LogP contribution is 2.33. The number of benzene rings is 1. The number of rotatable bonds is 7. The molecule has 0 bridgehead atoms. The Morgan fingerprint density at radius 3 is 2.69 bits per heavy atom. The lowest BCUT2D eigenvalue weighted by atomic mass is 10.1. The van der Waals surface area contributed by atoms with Crippen LogP contribution in [0.3, 0.4) is 0 Å². The number of fused-ring (bicyclic) bond motifs is 1. The number of carbonyl (C=O) groups excluding carboxylic acids is 1. The SMILES string of the molecule is O=C(Cc1nc2c(C(F)(F)F)cccc2[nH]1)NC1CN(C2CCOCC2)C[C@@H]1OCc1ccncc1. The molecule has 2 aromatic heterocycles. The molecular weight excluding hydrogens is 475 g/mol. The normalized spacial score (nSPS) is 21.8. The number of aromatic amines is 1. The lowest BCUT2D eigenvalue weighted by Gasteiger charge is -2.30. The minimum absolute atomic E-state index is 0.156. The van der Waals surface area contributed by atoms with Crippen LogP contribution in [0.5, 0.6) is 0 Å². The molecule has 0 saturated carbocycles. The average molecular weight is 504 g/mol. The van der Waals surface area contributed by atoms with Gasteiger partial charge in [0.05, 0.1) is 36.3 Å². The second-order valence-corrected chi connectivity index (χ2v) is 9.24. The van der Waals surface area contributed by atoms with Gasteiger partial charge in [0.15, 0.2) is 0 Å². The second-order valence-electron chi connectivity index (χ2n) is 9.24. The Morgan fingerprint density at radius 2 is 1.94 bits per heavy atom. The van der Waals surface area contributed by atoms with Crippen LogP contribution in [-0.4, -0.2) is 70.2 Å². The van der Waals surface area contributed by atoms with Crippen molar-refractivity contribution in [1.29, 1.82) is 0 Å². The lowest BCUT2D eigenvalue weighted by Crippen LogP contribution is -2.45. The molecule has 0 spiro atoms. The number of alkyl halides is 3. The number of nitrogens with zero attached hydrogens (tertiary/aromatic N) is 3. The van der Waals surface area contributed by atoms with Crippen LogP contribution < -0.4 is 5.32 Å². The average Bonchev–Trinajstić information content (AvgIpc) is 3.46. The van der Waals surface area contributed by atoms with Gasteiger partial charge in [0, 0.05) is 44.7 Å². The van der Waals surface area contributed by atoms with Crippen molar-refractivity contribution in [3.05, 3.63) is 59.7 Å². The quantitative estimate of drug-likeness (QED) is 0.515. The molecule has 2 saturated heterocycles. The number of carbonyl (C=O) groups is 1. The molecule has 11 heteroatoms. The predicted molar refractivity (Wildman–Crippen MR) is 125 cm³/mol. The summed E-state index contributed by atoms with van der Waals surface area (Å²) in [5, 5.41) is 3.04. The van der Waals surface area contributed by atoms with Gasteiger partial charge in [-0.2, -0.15) is 13.2 Å². The Balaban J connectivity index is 1.27. The number of para-hydroxylation sites is 1. The van der Waals surface area contributed by atoms with Crippen molar-refractivity contribution in [3.63, 3.8) is 0 Å². The maximum Gasteiger partial charge on any atom is 0.418 e. The number of likely N-dealkylation sites (tertiary alicyclic amines) is 1. The maximum atomic E-state index is 13.3. The zero-order valence-electron chi connectivity index (χ0n) is 19.6. The highest BCUT2D eigenvalue weighted by molar-refractivity contribution is 5.82. The first-order chi connectivity index (χ1) is 17.4. The highest BCUT2D eigenvalue weighted by atomic mass is 19.4. The summed E-state index contributed by atoms with van der Waals surface area (Å²) in [5.41, 5.74) is 0.230. The van der Waals surface area contributed by atoms with E-state index < -0.39 is 11.7 Å². The molecule has 1 amide bonds. The molecule has 2 aliphatic heterocycles. The Morgan fingerprint density at radius 1 is 1.17 bits per heavy atom. The molecule has 36 heavy (non-hydrogen) atoms. The molecule has 8 nitrogen and oxygen atoms in total. The Hall–Kier alpha value is -3.02. The first-order valence-corrected chi connectivity index (χ1v) is 12.0. The van der Waals surface area contributed by atoms with Crippen molar-refractivity contribution in [1.82, 2.24) is 25.2 Å². The summed E-state index contributed by atoms with van der Waals surface area (Å²) in [6, 6.07) is 7.71. The monoisotopic (exact) mass is 503 g/mol. The summed E-state index contributed by atoms with van der Waals surface area (Å²) in [5.74, 6) is -0.133. The standard InChI is InChI=1S/C25H28F3N5O3/c26-25(27,28)18-2-1-3-19-24(18)32-22(30-19)12-23(34)31-20-13-33(17-6-10-35-11-7-17)14-21(20)36-15-16-4-8-29-9-5-16/h1-5,8-9,17,20-21H,6-7,10-15H2,(H,30,32)(H,31,34)/t20?,21-/m0/s1. The van der Waals surface area contributed by atoms with Crippen molar-refractivity contribution >= 4 is 16.9 Å². The molecular formula is C25H28F3N5O3. The van der Waals surface area contributed by atoms with Gasteiger partial charge in [-0.1, -0.05) is 6.07 Å². The Bertz CT molecular complexity index is 1180. The van der Waals surface area contributed by atoms with E-state index >= 15 is 0 Å². The molecule has 5 rings (SSSR count). The molecule has 0 aliphatic carbocycles. The summed E-state index contributed by atoms with van der Waals surface area (Å²) in [4.78, 5) is 26.2. The van der Waals surface area contributed by atoms with Crippen molar-refractivity contribution in [2.45, 2.75) is 50.2 Å². The Labute approximate surface area is 206 Å². The molecule has 192 valence electrons. The van der Waals surface area contributed by atoms with Crippen LogP contribution in [0, 0.1) is 0 Å². The second kappa shape index (κ2) is 10.5. The van der Waals surface area contributed by atoms with E-state index in [0.717, 1.165) is 24.5 Å². The van der Waals surface area contributed by atoms with Gasteiger partial charge >= 0.3 is 6.18 Å². The van der Waals surface area contributed by atoms with Gasteiger partial charge in [0.2, 0.25) is 5.91 Å². The van der Waals surface area contributed by atoms with Crippen molar-refractivity contribution in [2.24, 2.45) is 0 Å². The first-order valence-electron chi connectivity index (χ1n) is 12.0. The zero-order chi connectivity index (χ0) is 25.1. The number of hydrogen-bond acceptors (Lipinski definition) is 6. The number of halogens is 3. The number of hydrogen-bond donors (Lipinski definition) is 2. The summed E-state index contributed by atoms with van der Waals surface area (Å²) in [6.07, 6.45) is 0.368. The van der Waals surface area contributed by atoms with Crippen LogP contribution in [-0.2, 0) is 33.5 Å². The largest absolute Gasteiger partial charge is 0.418 e. The van der Waals surface area contributed by atoms with Crippen molar-refractivity contribution < 1.29 is 27.4 Å². The minimum atomic E-state index is -4.52. The fourth-order valence-electron chi connectivity index (χ4n) is 4.95. The summed E-state index contributed by atoms with van der Waals surface area (Å²) >= 11 is 0. The van der Waals surface area contributed by atoms with Gasteiger partial charge < -0.3 is 19.8 Å². The van der Waals surface area contributed by atoms with Crippen LogP contribution in [0.2, 0.25) is 0 Å². The molecule has 2 N–H and O–H groups in total. The fourth-order valence-corrected chi connectivity index (χ4v) is 4.95. The van der Waals surface area contributed by atoms with Crippen LogP contribution in [0.1, 0.15) is 29.8 Å². The minimum Gasteiger partial charge on any atom is -0.381 e. The van der Waals surface area contributed by atoms with Crippen LogP contribution in [0.4, 0.5) is 13.2 Å².